The Morgan fingerprint density at radius 2 is 1.88 bits per heavy atom. The predicted octanol–water partition coefficient (Wildman–Crippen LogP) is 3.09. The second kappa shape index (κ2) is 5.92. The molecule has 0 atom stereocenters. The molecule has 0 saturated heterocycles. The van der Waals surface area contributed by atoms with Gasteiger partial charge >= 0.3 is 11.3 Å². The van der Waals surface area contributed by atoms with Gasteiger partial charge in [0.05, 0.1) is 4.92 Å². The van der Waals surface area contributed by atoms with Gasteiger partial charge in [-0.25, -0.2) is 9.18 Å². The third kappa shape index (κ3) is 2.84. The SMILES string of the molecule is O=C(Nc1cc2cccc([N+](=O)[O-])c2oc1=O)c1ccc(F)cc1. The number of nitro benzene ring substituents is 1. The summed E-state index contributed by atoms with van der Waals surface area (Å²) >= 11 is 0. The third-order valence-electron chi connectivity index (χ3n) is 3.29. The van der Waals surface area contributed by atoms with Gasteiger partial charge < -0.3 is 9.73 Å². The highest BCUT2D eigenvalue weighted by molar-refractivity contribution is 6.04. The standard InChI is InChI=1S/C16H9FN2O5/c17-11-6-4-9(5-7-11)15(20)18-12-8-10-2-1-3-13(19(22)23)14(10)24-16(12)21/h1-8H,(H,18,20). The number of nitrogens with zero attached hydrogens (tertiary/aromatic N) is 1. The van der Waals surface area contributed by atoms with Crippen molar-refractivity contribution in [3.05, 3.63) is 80.4 Å². The van der Waals surface area contributed by atoms with Gasteiger partial charge in [-0.3, -0.25) is 14.9 Å². The summed E-state index contributed by atoms with van der Waals surface area (Å²) < 4.78 is 17.8. The number of para-hydroxylation sites is 1. The van der Waals surface area contributed by atoms with Gasteiger partial charge in [0.1, 0.15) is 11.5 Å². The molecule has 0 fully saturated rings. The number of amides is 1. The number of benzene rings is 2. The average molecular weight is 328 g/mol. The molecule has 0 radical (unpaired) electrons. The van der Waals surface area contributed by atoms with Crippen molar-refractivity contribution in [1.82, 2.24) is 0 Å². The van der Waals surface area contributed by atoms with Gasteiger partial charge in [-0.2, -0.15) is 0 Å². The third-order valence-corrected chi connectivity index (χ3v) is 3.29. The molecule has 0 aliphatic carbocycles. The molecule has 2 aromatic carbocycles. The molecule has 1 aromatic heterocycles. The van der Waals surface area contributed by atoms with E-state index in [1.165, 1.54) is 36.4 Å². The number of anilines is 1. The van der Waals surface area contributed by atoms with Gasteiger partial charge in [0, 0.05) is 17.0 Å². The number of rotatable bonds is 3. The number of nitrogens with one attached hydrogen (secondary N) is 1. The second-order valence-electron chi connectivity index (χ2n) is 4.86. The second-order valence-corrected chi connectivity index (χ2v) is 4.86. The molecule has 120 valence electrons. The molecular formula is C16H9FN2O5. The monoisotopic (exact) mass is 328 g/mol. The normalized spacial score (nSPS) is 10.5. The molecule has 1 N–H and O–H groups in total. The first-order valence-electron chi connectivity index (χ1n) is 6.74. The quantitative estimate of drug-likeness (QED) is 0.452. The van der Waals surface area contributed by atoms with Crippen molar-refractivity contribution < 1.29 is 18.5 Å². The summed E-state index contributed by atoms with van der Waals surface area (Å²) in [6.07, 6.45) is 0. The minimum atomic E-state index is -0.924. The van der Waals surface area contributed by atoms with Crippen molar-refractivity contribution in [3.8, 4) is 0 Å². The Balaban J connectivity index is 2.00. The molecule has 1 amide bonds. The molecule has 0 bridgehead atoms. The van der Waals surface area contributed by atoms with E-state index in [1.54, 1.807) is 0 Å². The lowest BCUT2D eigenvalue weighted by atomic mass is 10.2. The first kappa shape index (κ1) is 15.3. The number of fused-ring (bicyclic) bond motifs is 1. The molecular weight excluding hydrogens is 319 g/mol. The fourth-order valence-corrected chi connectivity index (χ4v) is 2.16. The molecule has 0 saturated carbocycles. The average Bonchev–Trinajstić information content (AvgIpc) is 2.55. The first-order valence-corrected chi connectivity index (χ1v) is 6.74. The Kier molecular flexibility index (Phi) is 3.78. The molecule has 7 nitrogen and oxygen atoms in total. The summed E-state index contributed by atoms with van der Waals surface area (Å²) in [5, 5.41) is 13.6. The summed E-state index contributed by atoms with van der Waals surface area (Å²) in [7, 11) is 0. The van der Waals surface area contributed by atoms with Gasteiger partial charge in [0.25, 0.3) is 5.91 Å². The molecule has 3 rings (SSSR count). The van der Waals surface area contributed by atoms with Crippen molar-refractivity contribution in [2.75, 3.05) is 5.32 Å². The van der Waals surface area contributed by atoms with Crippen LogP contribution in [0.25, 0.3) is 11.0 Å². The maximum Gasteiger partial charge on any atom is 0.360 e. The van der Waals surface area contributed by atoms with Crippen molar-refractivity contribution in [3.63, 3.8) is 0 Å². The summed E-state index contributed by atoms with van der Waals surface area (Å²) in [6.45, 7) is 0. The van der Waals surface area contributed by atoms with Crippen LogP contribution in [-0.2, 0) is 0 Å². The van der Waals surface area contributed by atoms with Crippen molar-refractivity contribution in [2.24, 2.45) is 0 Å². The van der Waals surface area contributed by atoms with Crippen LogP contribution >= 0.6 is 0 Å². The van der Waals surface area contributed by atoms with Crippen LogP contribution in [0.2, 0.25) is 0 Å². The van der Waals surface area contributed by atoms with Crippen LogP contribution < -0.4 is 10.9 Å². The molecule has 3 aromatic rings. The molecule has 0 spiro atoms. The van der Waals surface area contributed by atoms with Gasteiger partial charge in [0.15, 0.2) is 0 Å². The van der Waals surface area contributed by atoms with Crippen molar-refractivity contribution in [2.45, 2.75) is 0 Å². The zero-order valence-electron chi connectivity index (χ0n) is 12.0. The highest BCUT2D eigenvalue weighted by Crippen LogP contribution is 2.25. The minimum absolute atomic E-state index is 0.148. The number of carbonyl (C=O) groups is 1. The number of nitro groups is 1. The lowest BCUT2D eigenvalue weighted by Gasteiger charge is -2.05. The van der Waals surface area contributed by atoms with E-state index in [0.717, 1.165) is 12.1 Å². The fraction of sp³-hybridized carbons (Fsp3) is 0. The Hall–Kier alpha value is -3.55. The Bertz CT molecular complexity index is 1010. The van der Waals surface area contributed by atoms with Gasteiger partial charge in [0.2, 0.25) is 5.58 Å². The molecule has 0 aliphatic heterocycles. The zero-order chi connectivity index (χ0) is 17.3. The Morgan fingerprint density at radius 1 is 1.17 bits per heavy atom. The maximum atomic E-state index is 12.9. The summed E-state index contributed by atoms with van der Waals surface area (Å²) in [5.74, 6) is -1.13. The Morgan fingerprint density at radius 3 is 2.54 bits per heavy atom. The molecule has 1 heterocycles. The smallest absolute Gasteiger partial charge is 0.360 e. The van der Waals surface area contributed by atoms with Crippen LogP contribution in [0.3, 0.4) is 0 Å². The Labute approximate surface area is 133 Å². The molecule has 0 aliphatic rings. The number of hydrogen-bond acceptors (Lipinski definition) is 5. The van der Waals surface area contributed by atoms with Crippen LogP contribution in [0.15, 0.2) is 57.7 Å². The van der Waals surface area contributed by atoms with E-state index in [-0.39, 0.29) is 22.5 Å². The predicted molar refractivity (Wildman–Crippen MR) is 83.5 cm³/mol. The molecule has 0 unspecified atom stereocenters. The van der Waals surface area contributed by atoms with Gasteiger partial charge in [-0.15, -0.1) is 0 Å². The summed E-state index contributed by atoms with van der Waals surface area (Å²) in [6, 6.07) is 10.2. The number of carbonyl (C=O) groups excluding carboxylic acids is 1. The van der Waals surface area contributed by atoms with Crippen LogP contribution in [0, 0.1) is 15.9 Å². The summed E-state index contributed by atoms with van der Waals surface area (Å²) in [5.41, 5.74) is -1.46. The van der Waals surface area contributed by atoms with Crippen molar-refractivity contribution in [1.29, 1.82) is 0 Å². The number of hydrogen-bond donors (Lipinski definition) is 1. The van der Waals surface area contributed by atoms with Crippen molar-refractivity contribution >= 4 is 28.3 Å². The van der Waals surface area contributed by atoms with Crippen LogP contribution in [-0.4, -0.2) is 10.8 Å². The largest absolute Gasteiger partial charge is 0.414 e. The lowest BCUT2D eigenvalue weighted by Crippen LogP contribution is -2.17. The minimum Gasteiger partial charge on any atom is -0.414 e. The van der Waals surface area contributed by atoms with E-state index in [2.05, 4.69) is 5.32 Å². The first-order chi connectivity index (χ1) is 11.5. The van der Waals surface area contributed by atoms with E-state index >= 15 is 0 Å². The van der Waals surface area contributed by atoms with Crippen LogP contribution in [0.5, 0.6) is 0 Å². The fourth-order valence-electron chi connectivity index (χ4n) is 2.16. The topological polar surface area (TPSA) is 102 Å². The van der Waals surface area contributed by atoms with Gasteiger partial charge in [-0.1, -0.05) is 12.1 Å². The molecule has 8 heteroatoms. The van der Waals surface area contributed by atoms with E-state index in [0.29, 0.717) is 5.39 Å². The van der Waals surface area contributed by atoms with Crippen LogP contribution in [0.1, 0.15) is 10.4 Å². The maximum absolute atomic E-state index is 12.9. The van der Waals surface area contributed by atoms with E-state index in [4.69, 9.17) is 4.42 Å². The van der Waals surface area contributed by atoms with E-state index in [1.807, 2.05) is 0 Å². The number of halogens is 1. The summed E-state index contributed by atoms with van der Waals surface area (Å²) in [4.78, 5) is 34.3. The van der Waals surface area contributed by atoms with E-state index < -0.39 is 22.3 Å². The van der Waals surface area contributed by atoms with Crippen LogP contribution in [0.4, 0.5) is 15.8 Å². The van der Waals surface area contributed by atoms with E-state index in [9.17, 15) is 24.1 Å². The van der Waals surface area contributed by atoms with Gasteiger partial charge in [-0.05, 0) is 30.3 Å². The highest BCUT2D eigenvalue weighted by Gasteiger charge is 2.17. The lowest BCUT2D eigenvalue weighted by molar-refractivity contribution is -0.383. The molecule has 24 heavy (non-hydrogen) atoms. The highest BCUT2D eigenvalue weighted by atomic mass is 19.1. The number of non-ortho nitro benzene ring substituents is 1. The zero-order valence-corrected chi connectivity index (χ0v) is 12.0.